The summed E-state index contributed by atoms with van der Waals surface area (Å²) in [6.45, 7) is 4.97. The van der Waals surface area contributed by atoms with Gasteiger partial charge in [0.2, 0.25) is 5.82 Å². The van der Waals surface area contributed by atoms with Gasteiger partial charge in [-0.05, 0) is 57.3 Å². The molecule has 0 N–H and O–H groups in total. The molecular weight excluding hydrogens is 242 g/mol. The van der Waals surface area contributed by atoms with Gasteiger partial charge in [-0.2, -0.15) is 0 Å². The van der Waals surface area contributed by atoms with Gasteiger partial charge in [-0.25, -0.2) is 4.79 Å². The third-order valence-electron chi connectivity index (χ3n) is 4.24. The van der Waals surface area contributed by atoms with Gasteiger partial charge in [0.05, 0.1) is 6.61 Å². The molecule has 0 aliphatic heterocycles. The standard InChI is InChI=1S/C14H21N3O2/c1-3-19-14(18)13-16-15-9(2)17(13)8-12(10-4-5-10)11-6-7-11/h10-12H,3-8H2,1-2H3. The van der Waals surface area contributed by atoms with Crippen LogP contribution in [0.25, 0.3) is 0 Å². The molecule has 0 radical (unpaired) electrons. The topological polar surface area (TPSA) is 57.0 Å². The molecule has 0 bridgehead atoms. The fraction of sp³-hybridized carbons (Fsp3) is 0.786. The molecule has 0 aromatic carbocycles. The minimum absolute atomic E-state index is 0.353. The number of esters is 1. The highest BCUT2D eigenvalue weighted by Gasteiger charge is 2.42. The van der Waals surface area contributed by atoms with Gasteiger partial charge in [-0.3, -0.25) is 0 Å². The van der Waals surface area contributed by atoms with Gasteiger partial charge in [0, 0.05) is 6.54 Å². The van der Waals surface area contributed by atoms with Crippen molar-refractivity contribution in [1.82, 2.24) is 14.8 Å². The lowest BCUT2D eigenvalue weighted by atomic mass is 9.98. The van der Waals surface area contributed by atoms with Crippen LogP contribution in [0.1, 0.15) is 49.1 Å². The summed E-state index contributed by atoms with van der Waals surface area (Å²) in [6, 6.07) is 0. The van der Waals surface area contributed by atoms with E-state index in [-0.39, 0.29) is 5.97 Å². The summed E-state index contributed by atoms with van der Waals surface area (Å²) < 4.78 is 7.01. The van der Waals surface area contributed by atoms with Gasteiger partial charge in [0.25, 0.3) is 0 Å². The fourth-order valence-corrected chi connectivity index (χ4v) is 2.89. The number of nitrogens with zero attached hydrogens (tertiary/aromatic N) is 3. The Kier molecular flexibility index (Phi) is 3.29. The summed E-state index contributed by atoms with van der Waals surface area (Å²) in [5.74, 6) is 3.23. The van der Waals surface area contributed by atoms with Crippen molar-refractivity contribution in [1.29, 1.82) is 0 Å². The first kappa shape index (κ1) is 12.6. The lowest BCUT2D eigenvalue weighted by Crippen LogP contribution is -2.21. The molecule has 0 unspecified atom stereocenters. The van der Waals surface area contributed by atoms with Crippen molar-refractivity contribution < 1.29 is 9.53 Å². The molecule has 2 saturated carbocycles. The SMILES string of the molecule is CCOC(=O)c1nnc(C)n1CC(C1CC1)C1CC1. The zero-order valence-electron chi connectivity index (χ0n) is 11.6. The van der Waals surface area contributed by atoms with E-state index in [1.807, 2.05) is 18.4 Å². The second-order valence-electron chi connectivity index (χ2n) is 5.74. The molecule has 0 saturated heterocycles. The quantitative estimate of drug-likeness (QED) is 0.738. The largest absolute Gasteiger partial charge is 0.460 e. The van der Waals surface area contributed by atoms with Crippen LogP contribution in [-0.2, 0) is 11.3 Å². The van der Waals surface area contributed by atoms with Gasteiger partial charge in [0.15, 0.2) is 0 Å². The molecule has 0 spiro atoms. The van der Waals surface area contributed by atoms with E-state index in [9.17, 15) is 4.79 Å². The van der Waals surface area contributed by atoms with Crippen LogP contribution in [0.15, 0.2) is 0 Å². The summed E-state index contributed by atoms with van der Waals surface area (Å²) in [5.41, 5.74) is 0. The molecule has 104 valence electrons. The minimum atomic E-state index is -0.353. The van der Waals surface area contributed by atoms with E-state index in [1.54, 1.807) is 0 Å². The van der Waals surface area contributed by atoms with Gasteiger partial charge in [-0.1, -0.05) is 0 Å². The first-order valence-electron chi connectivity index (χ1n) is 7.27. The monoisotopic (exact) mass is 263 g/mol. The third-order valence-corrected chi connectivity index (χ3v) is 4.24. The maximum Gasteiger partial charge on any atom is 0.376 e. The summed E-state index contributed by atoms with van der Waals surface area (Å²) in [7, 11) is 0. The second kappa shape index (κ2) is 4.94. The van der Waals surface area contributed by atoms with Gasteiger partial charge in [-0.15, -0.1) is 10.2 Å². The van der Waals surface area contributed by atoms with Crippen molar-refractivity contribution in [3.63, 3.8) is 0 Å². The Morgan fingerprint density at radius 3 is 2.47 bits per heavy atom. The summed E-state index contributed by atoms with van der Waals surface area (Å²) in [5, 5.41) is 8.03. The Hall–Kier alpha value is -1.39. The number of ether oxygens (including phenoxy) is 1. The van der Waals surface area contributed by atoms with Crippen LogP contribution in [0.2, 0.25) is 0 Å². The predicted octanol–water partition coefficient (Wildman–Crippen LogP) is 2.20. The summed E-state index contributed by atoms with van der Waals surface area (Å²) in [4.78, 5) is 11.9. The van der Waals surface area contributed by atoms with Gasteiger partial charge < -0.3 is 9.30 Å². The predicted molar refractivity (Wildman–Crippen MR) is 69.7 cm³/mol. The van der Waals surface area contributed by atoms with Crippen molar-refractivity contribution in [3.8, 4) is 0 Å². The molecule has 1 aromatic rings. The number of carbonyl (C=O) groups excluding carboxylic acids is 1. The number of rotatable bonds is 6. The van der Waals surface area contributed by atoms with Gasteiger partial charge in [0.1, 0.15) is 5.82 Å². The molecule has 1 heterocycles. The average Bonchev–Trinajstić information content (AvgIpc) is 3.27. The summed E-state index contributed by atoms with van der Waals surface area (Å²) >= 11 is 0. The van der Waals surface area contributed by atoms with Crippen LogP contribution in [0, 0.1) is 24.7 Å². The van der Waals surface area contributed by atoms with E-state index in [1.165, 1.54) is 25.7 Å². The number of aromatic nitrogens is 3. The lowest BCUT2D eigenvalue weighted by molar-refractivity contribution is 0.0503. The third kappa shape index (κ3) is 2.65. The molecule has 3 rings (SSSR count). The maximum absolute atomic E-state index is 11.9. The minimum Gasteiger partial charge on any atom is -0.460 e. The highest BCUT2D eigenvalue weighted by Crippen LogP contribution is 2.50. The van der Waals surface area contributed by atoms with Crippen LogP contribution in [0.5, 0.6) is 0 Å². The Bertz CT molecular complexity index is 463. The van der Waals surface area contributed by atoms with Crippen molar-refractivity contribution in [3.05, 3.63) is 11.6 Å². The normalized spacial score (nSPS) is 18.9. The molecule has 2 aliphatic rings. The number of carbonyl (C=O) groups is 1. The zero-order valence-corrected chi connectivity index (χ0v) is 11.6. The Morgan fingerprint density at radius 1 is 1.32 bits per heavy atom. The smallest absolute Gasteiger partial charge is 0.376 e. The molecule has 2 aliphatic carbocycles. The number of hydrogen-bond acceptors (Lipinski definition) is 4. The van der Waals surface area contributed by atoms with E-state index in [4.69, 9.17) is 4.74 Å². The lowest BCUT2D eigenvalue weighted by Gasteiger charge is -2.17. The zero-order chi connectivity index (χ0) is 13.4. The maximum atomic E-state index is 11.9. The van der Waals surface area contributed by atoms with E-state index in [0.29, 0.717) is 18.3 Å². The van der Waals surface area contributed by atoms with Crippen molar-refractivity contribution >= 4 is 5.97 Å². The van der Waals surface area contributed by atoms with Crippen LogP contribution in [0.3, 0.4) is 0 Å². The van der Waals surface area contributed by atoms with Crippen LogP contribution in [0.4, 0.5) is 0 Å². The highest BCUT2D eigenvalue weighted by molar-refractivity contribution is 5.85. The van der Waals surface area contributed by atoms with E-state index in [0.717, 1.165) is 24.2 Å². The Morgan fingerprint density at radius 2 is 1.95 bits per heavy atom. The summed E-state index contributed by atoms with van der Waals surface area (Å²) in [6.07, 6.45) is 5.38. The number of aryl methyl sites for hydroxylation is 1. The number of hydrogen-bond donors (Lipinski definition) is 0. The molecule has 19 heavy (non-hydrogen) atoms. The molecule has 5 nitrogen and oxygen atoms in total. The van der Waals surface area contributed by atoms with Crippen molar-refractivity contribution in [2.75, 3.05) is 6.61 Å². The van der Waals surface area contributed by atoms with E-state index in [2.05, 4.69) is 10.2 Å². The molecule has 5 heteroatoms. The Balaban J connectivity index is 1.78. The van der Waals surface area contributed by atoms with Crippen LogP contribution >= 0.6 is 0 Å². The van der Waals surface area contributed by atoms with Crippen LogP contribution < -0.4 is 0 Å². The van der Waals surface area contributed by atoms with Crippen LogP contribution in [-0.4, -0.2) is 27.3 Å². The molecule has 2 fully saturated rings. The first-order valence-corrected chi connectivity index (χ1v) is 7.27. The molecular formula is C14H21N3O2. The van der Waals surface area contributed by atoms with E-state index >= 15 is 0 Å². The average molecular weight is 263 g/mol. The Labute approximate surface area is 113 Å². The molecule has 0 amide bonds. The first-order chi connectivity index (χ1) is 9.20. The highest BCUT2D eigenvalue weighted by atomic mass is 16.5. The second-order valence-corrected chi connectivity index (χ2v) is 5.74. The van der Waals surface area contributed by atoms with Gasteiger partial charge >= 0.3 is 5.97 Å². The fourth-order valence-electron chi connectivity index (χ4n) is 2.89. The molecule has 0 atom stereocenters. The van der Waals surface area contributed by atoms with Crippen molar-refractivity contribution in [2.24, 2.45) is 17.8 Å². The van der Waals surface area contributed by atoms with E-state index < -0.39 is 0 Å². The molecule has 1 aromatic heterocycles. The van der Waals surface area contributed by atoms with Crippen molar-refractivity contribution in [2.45, 2.75) is 46.1 Å².